The van der Waals surface area contributed by atoms with Gasteiger partial charge in [0.15, 0.2) is 6.10 Å². The molecule has 0 heterocycles. The van der Waals surface area contributed by atoms with Crippen LogP contribution in [-0.2, 0) is 32.7 Å². The summed E-state index contributed by atoms with van der Waals surface area (Å²) in [6.07, 6.45) is 96.6. The van der Waals surface area contributed by atoms with Crippen molar-refractivity contribution in [2.45, 2.75) is 277 Å². The summed E-state index contributed by atoms with van der Waals surface area (Å²) in [6, 6.07) is 0. The Morgan fingerprint density at radius 3 is 0.988 bits per heavy atom. The monoisotopic (exact) mass is 1210 g/mol. The van der Waals surface area contributed by atoms with Crippen LogP contribution in [-0.4, -0.2) is 74.9 Å². The number of phosphoric ester groups is 1. The summed E-state index contributed by atoms with van der Waals surface area (Å²) in [5.41, 5.74) is 0. The van der Waals surface area contributed by atoms with E-state index in [2.05, 4.69) is 160 Å². The van der Waals surface area contributed by atoms with Gasteiger partial charge >= 0.3 is 19.8 Å². The Balaban J connectivity index is 4.17. The molecule has 9 nitrogen and oxygen atoms in total. The molecule has 0 rings (SSSR count). The minimum atomic E-state index is -4.41. The summed E-state index contributed by atoms with van der Waals surface area (Å²) >= 11 is 0. The van der Waals surface area contributed by atoms with Crippen LogP contribution in [0, 0.1) is 0 Å². The molecule has 0 spiro atoms. The molecule has 0 aliphatic rings. The van der Waals surface area contributed by atoms with Gasteiger partial charge in [-0.2, -0.15) is 0 Å². The van der Waals surface area contributed by atoms with Crippen molar-refractivity contribution in [2.75, 3.05) is 47.5 Å². The molecule has 490 valence electrons. The van der Waals surface area contributed by atoms with E-state index in [1.807, 2.05) is 21.1 Å². The van der Waals surface area contributed by atoms with Gasteiger partial charge in [0.2, 0.25) is 0 Å². The topological polar surface area (TPSA) is 108 Å². The van der Waals surface area contributed by atoms with Gasteiger partial charge in [0, 0.05) is 12.8 Å². The standard InChI is InChI=1S/C76H128NO8P/c1-6-8-10-12-14-16-18-20-22-24-26-28-29-30-31-32-33-34-35-36-37-38-39-40-41-42-43-44-45-46-47-49-51-53-55-57-59-61-63-65-67-69-76(79)85-74(73-84-86(80,81)83-71-70-77(3,4)5)72-82-75(78)68-66-64-62-60-58-56-54-52-50-48-27-25-23-21-19-17-15-13-11-9-7-2/h8,10,14,16,20,22,26,28,30-31,33-34,36-37,39-40,42-43,45-46,49,51,55,57,74H,6-7,9,11-13,15,17-19,21,23-25,27,29,32,35,38,41,44,47-48,50,52-54,56,58-73H2,1-5H3/p+1/b10-8-,16-14-,22-20-,28-26-,31-30-,34-33-,37-36-,40-39-,43-42-,46-45-,51-49-,57-55-. The number of esters is 2. The van der Waals surface area contributed by atoms with E-state index in [4.69, 9.17) is 18.5 Å². The predicted molar refractivity (Wildman–Crippen MR) is 371 cm³/mol. The number of nitrogens with zero attached hydrogens (tertiary/aromatic N) is 1. The summed E-state index contributed by atoms with van der Waals surface area (Å²) in [5.74, 6) is -0.827. The van der Waals surface area contributed by atoms with Crippen LogP contribution in [0.2, 0.25) is 0 Å². The Morgan fingerprint density at radius 2 is 0.663 bits per heavy atom. The zero-order valence-corrected chi connectivity index (χ0v) is 56.6. The van der Waals surface area contributed by atoms with Crippen LogP contribution in [0.25, 0.3) is 0 Å². The number of quaternary nitrogens is 1. The molecule has 0 aromatic heterocycles. The van der Waals surface area contributed by atoms with E-state index in [1.54, 1.807) is 0 Å². The fourth-order valence-electron chi connectivity index (χ4n) is 9.12. The zero-order valence-electron chi connectivity index (χ0n) is 55.7. The lowest BCUT2D eigenvalue weighted by atomic mass is 10.0. The second-order valence-electron chi connectivity index (χ2n) is 23.8. The number of carbonyl (C=O) groups excluding carboxylic acids is 2. The van der Waals surface area contributed by atoms with Gasteiger partial charge in [-0.15, -0.1) is 0 Å². The van der Waals surface area contributed by atoms with Crippen LogP contribution in [0.15, 0.2) is 146 Å². The van der Waals surface area contributed by atoms with Crippen molar-refractivity contribution in [3.8, 4) is 0 Å². The Morgan fingerprint density at radius 1 is 0.372 bits per heavy atom. The largest absolute Gasteiger partial charge is 0.472 e. The molecule has 86 heavy (non-hydrogen) atoms. The molecular weight excluding hydrogens is 1090 g/mol. The normalized spacial score (nSPS) is 14.1. The average molecular weight is 1220 g/mol. The maximum absolute atomic E-state index is 12.9. The summed E-state index contributed by atoms with van der Waals surface area (Å²) in [5, 5.41) is 0. The van der Waals surface area contributed by atoms with Crippen LogP contribution in [0.3, 0.4) is 0 Å². The summed E-state index contributed by atoms with van der Waals surface area (Å²) in [4.78, 5) is 35.8. The van der Waals surface area contributed by atoms with Gasteiger partial charge in [-0.05, 0) is 103 Å². The van der Waals surface area contributed by atoms with Crippen LogP contribution >= 0.6 is 7.82 Å². The molecule has 2 unspecified atom stereocenters. The average Bonchev–Trinajstić information content (AvgIpc) is 3.70. The van der Waals surface area contributed by atoms with Crippen molar-refractivity contribution in [2.24, 2.45) is 0 Å². The third-order valence-electron chi connectivity index (χ3n) is 14.4. The fraction of sp³-hybridized carbons (Fsp3) is 0.658. The number of rotatable bonds is 62. The summed E-state index contributed by atoms with van der Waals surface area (Å²) < 4.78 is 34.6. The van der Waals surface area contributed by atoms with Crippen molar-refractivity contribution >= 4 is 19.8 Å². The highest BCUT2D eigenvalue weighted by Crippen LogP contribution is 2.43. The Bertz CT molecular complexity index is 1960. The molecule has 0 amide bonds. The molecule has 0 aliphatic carbocycles. The first kappa shape index (κ1) is 81.9. The highest BCUT2D eigenvalue weighted by molar-refractivity contribution is 7.47. The molecule has 0 saturated carbocycles. The molecule has 0 fully saturated rings. The van der Waals surface area contributed by atoms with E-state index in [0.29, 0.717) is 17.4 Å². The van der Waals surface area contributed by atoms with Gasteiger partial charge in [0.1, 0.15) is 19.8 Å². The van der Waals surface area contributed by atoms with Crippen molar-refractivity contribution in [1.82, 2.24) is 0 Å². The molecule has 0 aliphatic heterocycles. The highest BCUT2D eigenvalue weighted by atomic mass is 31.2. The molecule has 0 aromatic rings. The number of unbranched alkanes of at least 4 members (excludes halogenated alkanes) is 24. The van der Waals surface area contributed by atoms with Crippen molar-refractivity contribution in [3.05, 3.63) is 146 Å². The van der Waals surface area contributed by atoms with E-state index >= 15 is 0 Å². The zero-order chi connectivity index (χ0) is 62.6. The minimum absolute atomic E-state index is 0.0206. The van der Waals surface area contributed by atoms with E-state index in [1.165, 1.54) is 116 Å². The Hall–Kier alpha value is -4.11. The van der Waals surface area contributed by atoms with E-state index in [9.17, 15) is 19.0 Å². The quantitative estimate of drug-likeness (QED) is 0.0211. The number of phosphoric acid groups is 1. The lowest BCUT2D eigenvalue weighted by Crippen LogP contribution is -2.37. The van der Waals surface area contributed by atoms with Crippen LogP contribution in [0.4, 0.5) is 0 Å². The van der Waals surface area contributed by atoms with Crippen molar-refractivity contribution in [3.63, 3.8) is 0 Å². The summed E-state index contributed by atoms with van der Waals surface area (Å²) in [7, 11) is 1.45. The van der Waals surface area contributed by atoms with Crippen LogP contribution < -0.4 is 0 Å². The van der Waals surface area contributed by atoms with Gasteiger partial charge in [-0.25, -0.2) is 4.57 Å². The van der Waals surface area contributed by atoms with Gasteiger partial charge in [0.25, 0.3) is 0 Å². The first-order chi connectivity index (χ1) is 42.0. The predicted octanol–water partition coefficient (Wildman–Crippen LogP) is 22.6. The van der Waals surface area contributed by atoms with Gasteiger partial charge in [-0.3, -0.25) is 18.6 Å². The van der Waals surface area contributed by atoms with Crippen LogP contribution in [0.5, 0.6) is 0 Å². The van der Waals surface area contributed by atoms with E-state index in [-0.39, 0.29) is 32.0 Å². The van der Waals surface area contributed by atoms with Gasteiger partial charge in [-0.1, -0.05) is 301 Å². The molecule has 0 aromatic carbocycles. The summed E-state index contributed by atoms with van der Waals surface area (Å²) in [6.45, 7) is 4.30. The number of carbonyl (C=O) groups is 2. The molecule has 1 N–H and O–H groups in total. The van der Waals surface area contributed by atoms with Gasteiger partial charge in [0.05, 0.1) is 27.7 Å². The van der Waals surface area contributed by atoms with Crippen molar-refractivity contribution < 1.29 is 42.1 Å². The van der Waals surface area contributed by atoms with Crippen molar-refractivity contribution in [1.29, 1.82) is 0 Å². The first-order valence-corrected chi connectivity index (χ1v) is 36.1. The number of hydrogen-bond acceptors (Lipinski definition) is 7. The lowest BCUT2D eigenvalue weighted by molar-refractivity contribution is -0.870. The number of allylic oxidation sites excluding steroid dienone is 24. The molecule has 0 radical (unpaired) electrons. The minimum Gasteiger partial charge on any atom is -0.462 e. The molecule has 0 saturated heterocycles. The second-order valence-corrected chi connectivity index (χ2v) is 25.3. The number of ether oxygens (including phenoxy) is 2. The SMILES string of the molecule is CC/C=C\C/C=C\C/C=C\C/C=C\C/C=C\C/C=C\C/C=C\C/C=C\C/C=C\C/C=C\C/C=C\C/C=C\CCCCCCC(=O)OC(COC(=O)CCCCCCCCCCCCCCCCCCCCCCC)COP(=O)(O)OCC[N+](C)(C)C. The van der Waals surface area contributed by atoms with Crippen LogP contribution in [0.1, 0.15) is 271 Å². The maximum atomic E-state index is 12.9. The third-order valence-corrected chi connectivity index (χ3v) is 15.4. The smallest absolute Gasteiger partial charge is 0.462 e. The number of likely N-dealkylation sites (N-methyl/N-ethyl adjacent to an activating group) is 1. The molecule has 0 bridgehead atoms. The van der Waals surface area contributed by atoms with Gasteiger partial charge < -0.3 is 18.9 Å². The van der Waals surface area contributed by atoms with E-state index in [0.717, 1.165) is 122 Å². The number of hydrogen-bond donors (Lipinski definition) is 1. The molecule has 2 atom stereocenters. The maximum Gasteiger partial charge on any atom is 0.472 e. The second kappa shape index (κ2) is 65.3. The Kier molecular flexibility index (Phi) is 62.2. The Labute approximate surface area is 529 Å². The third kappa shape index (κ3) is 69.0. The highest BCUT2D eigenvalue weighted by Gasteiger charge is 2.27. The van der Waals surface area contributed by atoms with E-state index < -0.39 is 26.5 Å². The molecule has 10 heteroatoms. The fourth-order valence-corrected chi connectivity index (χ4v) is 9.86. The lowest BCUT2D eigenvalue weighted by Gasteiger charge is -2.24. The first-order valence-electron chi connectivity index (χ1n) is 34.6. The molecular formula is C76H129NO8P+.